The maximum absolute atomic E-state index is 9.32. The van der Waals surface area contributed by atoms with Crippen molar-refractivity contribution in [3.63, 3.8) is 0 Å². The Morgan fingerprint density at radius 3 is 3.00 bits per heavy atom. The van der Waals surface area contributed by atoms with E-state index in [1.807, 2.05) is 0 Å². The fraction of sp³-hybridized carbons (Fsp3) is 0.444. The van der Waals surface area contributed by atoms with Crippen molar-refractivity contribution in [2.75, 3.05) is 6.61 Å². The number of aromatic hydroxyl groups is 1. The zero-order valence-electron chi connectivity index (χ0n) is 7.46. The summed E-state index contributed by atoms with van der Waals surface area (Å²) in [5, 5.41) is 9.72. The molecule has 0 amide bonds. The predicted molar refractivity (Wildman–Crippen MR) is 51.3 cm³/mol. The highest BCUT2D eigenvalue weighted by molar-refractivity contribution is 6.30. The van der Waals surface area contributed by atoms with Gasteiger partial charge in [-0.15, -0.1) is 0 Å². The molecule has 3 nitrogen and oxygen atoms in total. The van der Waals surface area contributed by atoms with Crippen molar-refractivity contribution < 1.29 is 9.84 Å². The first kappa shape index (κ1) is 10.1. The number of ether oxygens (including phenoxy) is 1. The van der Waals surface area contributed by atoms with Crippen LogP contribution in [0.3, 0.4) is 0 Å². The number of rotatable bonds is 4. The Bertz CT molecular complexity index is 278. The number of nitrogens with zero attached hydrogens (tertiary/aromatic N) is 1. The van der Waals surface area contributed by atoms with Gasteiger partial charge in [0.2, 0.25) is 0 Å². The summed E-state index contributed by atoms with van der Waals surface area (Å²) in [5.74, 6) is 0.237. The predicted octanol–water partition coefficient (Wildman–Crippen LogP) is 2.62. The fourth-order valence-corrected chi connectivity index (χ4v) is 0.993. The van der Waals surface area contributed by atoms with E-state index in [-0.39, 0.29) is 11.6 Å². The number of unbranched alkanes of at least 4 members (excludes halogenated alkanes) is 1. The first-order valence-corrected chi connectivity index (χ1v) is 4.59. The minimum Gasteiger partial charge on any atom is -0.503 e. The van der Waals surface area contributed by atoms with Gasteiger partial charge in [0.25, 0.3) is 5.88 Å². The molecule has 0 atom stereocenters. The summed E-state index contributed by atoms with van der Waals surface area (Å²) < 4.78 is 5.21. The van der Waals surface area contributed by atoms with Crippen LogP contribution in [0.25, 0.3) is 0 Å². The van der Waals surface area contributed by atoms with Gasteiger partial charge < -0.3 is 9.84 Å². The first-order valence-electron chi connectivity index (χ1n) is 4.21. The molecule has 0 unspecified atom stereocenters. The van der Waals surface area contributed by atoms with E-state index in [0.717, 1.165) is 12.8 Å². The minimum absolute atomic E-state index is 0.0106. The van der Waals surface area contributed by atoms with Gasteiger partial charge in [-0.3, -0.25) is 0 Å². The van der Waals surface area contributed by atoms with Crippen molar-refractivity contribution in [3.8, 4) is 11.6 Å². The van der Waals surface area contributed by atoms with E-state index in [0.29, 0.717) is 11.6 Å². The molecular formula is C9H12ClNO2. The average molecular weight is 202 g/mol. The van der Waals surface area contributed by atoms with Crippen LogP contribution in [-0.4, -0.2) is 16.7 Å². The Morgan fingerprint density at radius 2 is 2.38 bits per heavy atom. The number of pyridine rings is 1. The van der Waals surface area contributed by atoms with Crippen molar-refractivity contribution in [2.45, 2.75) is 19.8 Å². The molecule has 0 saturated heterocycles. The van der Waals surface area contributed by atoms with Crippen molar-refractivity contribution in [3.05, 3.63) is 17.3 Å². The average Bonchev–Trinajstić information content (AvgIpc) is 2.09. The van der Waals surface area contributed by atoms with Crippen LogP contribution in [0.4, 0.5) is 0 Å². The van der Waals surface area contributed by atoms with E-state index in [1.165, 1.54) is 12.3 Å². The molecule has 0 aromatic carbocycles. The lowest BCUT2D eigenvalue weighted by atomic mass is 10.4. The first-order chi connectivity index (χ1) is 6.24. The highest BCUT2D eigenvalue weighted by Gasteiger charge is 2.03. The summed E-state index contributed by atoms with van der Waals surface area (Å²) in [6.07, 6.45) is 3.45. The molecule has 1 aromatic rings. The summed E-state index contributed by atoms with van der Waals surface area (Å²) in [4.78, 5) is 3.85. The van der Waals surface area contributed by atoms with E-state index in [9.17, 15) is 5.11 Å². The van der Waals surface area contributed by atoms with Crippen LogP contribution in [0.5, 0.6) is 11.6 Å². The maximum atomic E-state index is 9.32. The highest BCUT2D eigenvalue weighted by Crippen LogP contribution is 2.25. The quantitative estimate of drug-likeness (QED) is 0.762. The SMILES string of the molecule is CCCCOc1ncc(Cl)cc1O. The second-order valence-electron chi connectivity index (χ2n) is 2.68. The molecule has 4 heteroatoms. The Labute approximate surface area is 82.3 Å². The van der Waals surface area contributed by atoms with Crippen molar-refractivity contribution >= 4 is 11.6 Å². The van der Waals surface area contributed by atoms with Gasteiger partial charge in [0, 0.05) is 12.3 Å². The molecule has 13 heavy (non-hydrogen) atoms. The lowest BCUT2D eigenvalue weighted by Crippen LogP contribution is -1.98. The largest absolute Gasteiger partial charge is 0.503 e. The van der Waals surface area contributed by atoms with Crippen molar-refractivity contribution in [1.29, 1.82) is 0 Å². The van der Waals surface area contributed by atoms with Crippen molar-refractivity contribution in [1.82, 2.24) is 4.98 Å². The number of hydrogen-bond donors (Lipinski definition) is 1. The third kappa shape index (κ3) is 3.11. The van der Waals surface area contributed by atoms with Gasteiger partial charge >= 0.3 is 0 Å². The Balaban J connectivity index is 2.56. The molecule has 0 fully saturated rings. The summed E-state index contributed by atoms with van der Waals surface area (Å²) in [5.41, 5.74) is 0. The molecule has 1 heterocycles. The molecule has 72 valence electrons. The van der Waals surface area contributed by atoms with E-state index in [4.69, 9.17) is 16.3 Å². The smallest absolute Gasteiger partial charge is 0.256 e. The molecule has 0 radical (unpaired) electrons. The van der Waals surface area contributed by atoms with Crippen LogP contribution < -0.4 is 4.74 Å². The number of halogens is 1. The Morgan fingerprint density at radius 1 is 1.62 bits per heavy atom. The molecule has 0 saturated carbocycles. The summed E-state index contributed by atoms with van der Waals surface area (Å²) in [6.45, 7) is 2.64. The van der Waals surface area contributed by atoms with Gasteiger partial charge in [-0.25, -0.2) is 4.98 Å². The van der Waals surface area contributed by atoms with Gasteiger partial charge in [0.15, 0.2) is 5.75 Å². The summed E-state index contributed by atoms with van der Waals surface area (Å²) in [7, 11) is 0. The van der Waals surface area contributed by atoms with Crippen LogP contribution >= 0.6 is 11.6 Å². The van der Waals surface area contributed by atoms with E-state index >= 15 is 0 Å². The zero-order chi connectivity index (χ0) is 9.68. The summed E-state index contributed by atoms with van der Waals surface area (Å²) in [6, 6.07) is 1.41. The summed E-state index contributed by atoms with van der Waals surface area (Å²) >= 11 is 5.60. The Kier molecular flexibility index (Phi) is 3.83. The van der Waals surface area contributed by atoms with E-state index in [1.54, 1.807) is 0 Å². The second kappa shape index (κ2) is 4.92. The monoisotopic (exact) mass is 201 g/mol. The molecule has 0 spiro atoms. The third-order valence-electron chi connectivity index (χ3n) is 1.54. The van der Waals surface area contributed by atoms with Crippen LogP contribution in [-0.2, 0) is 0 Å². The molecular weight excluding hydrogens is 190 g/mol. The lowest BCUT2D eigenvalue weighted by molar-refractivity contribution is 0.281. The number of aromatic nitrogens is 1. The zero-order valence-corrected chi connectivity index (χ0v) is 8.21. The van der Waals surface area contributed by atoms with Crippen LogP contribution in [0.15, 0.2) is 12.3 Å². The minimum atomic E-state index is -0.0106. The highest BCUT2D eigenvalue weighted by atomic mass is 35.5. The van der Waals surface area contributed by atoms with E-state index < -0.39 is 0 Å². The van der Waals surface area contributed by atoms with Gasteiger partial charge in [-0.05, 0) is 6.42 Å². The number of hydrogen-bond acceptors (Lipinski definition) is 3. The van der Waals surface area contributed by atoms with Crippen molar-refractivity contribution in [2.24, 2.45) is 0 Å². The molecule has 1 N–H and O–H groups in total. The lowest BCUT2D eigenvalue weighted by Gasteiger charge is -2.05. The standard InChI is InChI=1S/C9H12ClNO2/c1-2-3-4-13-9-8(12)5-7(10)6-11-9/h5-6,12H,2-4H2,1H3. The molecule has 0 aliphatic heterocycles. The van der Waals surface area contributed by atoms with Gasteiger partial charge in [0.05, 0.1) is 11.6 Å². The van der Waals surface area contributed by atoms with Gasteiger partial charge in [0.1, 0.15) is 0 Å². The topological polar surface area (TPSA) is 42.4 Å². The molecule has 1 rings (SSSR count). The Hall–Kier alpha value is -0.960. The van der Waals surface area contributed by atoms with Crippen LogP contribution in [0.2, 0.25) is 5.02 Å². The van der Waals surface area contributed by atoms with Gasteiger partial charge in [-0.2, -0.15) is 0 Å². The normalized spacial score (nSPS) is 10.0. The third-order valence-corrected chi connectivity index (χ3v) is 1.74. The molecule has 0 aliphatic rings. The van der Waals surface area contributed by atoms with E-state index in [2.05, 4.69) is 11.9 Å². The molecule has 1 aromatic heterocycles. The second-order valence-corrected chi connectivity index (χ2v) is 3.12. The van der Waals surface area contributed by atoms with Crippen LogP contribution in [0, 0.1) is 0 Å². The fourth-order valence-electron chi connectivity index (χ4n) is 0.840. The molecule has 0 aliphatic carbocycles. The molecule has 0 bridgehead atoms. The van der Waals surface area contributed by atoms with Gasteiger partial charge in [-0.1, -0.05) is 24.9 Å². The van der Waals surface area contributed by atoms with Crippen LogP contribution in [0.1, 0.15) is 19.8 Å². The maximum Gasteiger partial charge on any atom is 0.256 e.